The van der Waals surface area contributed by atoms with E-state index in [1.807, 2.05) is 0 Å². The average Bonchev–Trinajstić information content (AvgIpc) is 2.64. The third-order valence-electron chi connectivity index (χ3n) is 3.95. The molecule has 0 saturated carbocycles. The molecule has 1 saturated heterocycles. The third kappa shape index (κ3) is 3.79. The van der Waals surface area contributed by atoms with Gasteiger partial charge in [-0.2, -0.15) is 4.31 Å². The zero-order valence-corrected chi connectivity index (χ0v) is 15.4. The number of sulfonamides is 1. The second-order valence-corrected chi connectivity index (χ2v) is 8.21. The van der Waals surface area contributed by atoms with E-state index < -0.39 is 10.0 Å². The SMILES string of the molecule is O=C(c1cnc(Cl)c(Cl)c1)N1CCN(S(=O)(=O)c2ccccc2)CC1. The summed E-state index contributed by atoms with van der Waals surface area (Å²) in [6.45, 7) is 1.06. The van der Waals surface area contributed by atoms with E-state index in [2.05, 4.69) is 4.98 Å². The number of carbonyl (C=O) groups is 1. The lowest BCUT2D eigenvalue weighted by Gasteiger charge is -2.34. The summed E-state index contributed by atoms with van der Waals surface area (Å²) >= 11 is 11.7. The average molecular weight is 400 g/mol. The van der Waals surface area contributed by atoms with Gasteiger partial charge in [0.15, 0.2) is 0 Å². The van der Waals surface area contributed by atoms with Gasteiger partial charge >= 0.3 is 0 Å². The molecule has 1 aromatic heterocycles. The molecule has 9 heteroatoms. The monoisotopic (exact) mass is 399 g/mol. The van der Waals surface area contributed by atoms with Crippen LogP contribution in [0.15, 0.2) is 47.5 Å². The van der Waals surface area contributed by atoms with Crippen molar-refractivity contribution in [3.05, 3.63) is 58.3 Å². The molecular weight excluding hydrogens is 385 g/mol. The van der Waals surface area contributed by atoms with Crippen LogP contribution < -0.4 is 0 Å². The molecule has 1 fully saturated rings. The molecule has 0 N–H and O–H groups in total. The highest BCUT2D eigenvalue weighted by Gasteiger charge is 2.30. The van der Waals surface area contributed by atoms with Crippen molar-refractivity contribution in [3.63, 3.8) is 0 Å². The van der Waals surface area contributed by atoms with Crippen molar-refractivity contribution >= 4 is 39.1 Å². The lowest BCUT2D eigenvalue weighted by Crippen LogP contribution is -2.50. The summed E-state index contributed by atoms with van der Waals surface area (Å²) in [6.07, 6.45) is 1.36. The molecule has 0 spiro atoms. The van der Waals surface area contributed by atoms with Crippen LogP contribution in [0.1, 0.15) is 10.4 Å². The smallest absolute Gasteiger partial charge is 0.255 e. The Kier molecular flexibility index (Phi) is 5.29. The molecule has 0 aliphatic carbocycles. The first kappa shape index (κ1) is 18.1. The number of amides is 1. The molecule has 132 valence electrons. The lowest BCUT2D eigenvalue weighted by atomic mass is 10.2. The maximum absolute atomic E-state index is 12.6. The first-order valence-electron chi connectivity index (χ1n) is 7.55. The fourth-order valence-corrected chi connectivity index (χ4v) is 4.31. The van der Waals surface area contributed by atoms with E-state index in [9.17, 15) is 13.2 Å². The van der Waals surface area contributed by atoms with Gasteiger partial charge in [0.2, 0.25) is 10.0 Å². The van der Waals surface area contributed by atoms with E-state index in [1.165, 1.54) is 16.6 Å². The molecule has 25 heavy (non-hydrogen) atoms. The lowest BCUT2D eigenvalue weighted by molar-refractivity contribution is 0.0697. The van der Waals surface area contributed by atoms with Crippen molar-refractivity contribution in [3.8, 4) is 0 Å². The van der Waals surface area contributed by atoms with Crippen molar-refractivity contribution in [2.75, 3.05) is 26.2 Å². The molecule has 2 heterocycles. The fourth-order valence-electron chi connectivity index (χ4n) is 2.59. The predicted molar refractivity (Wildman–Crippen MR) is 95.4 cm³/mol. The highest BCUT2D eigenvalue weighted by Crippen LogP contribution is 2.22. The predicted octanol–water partition coefficient (Wildman–Crippen LogP) is 2.54. The fraction of sp³-hybridized carbons (Fsp3) is 0.250. The van der Waals surface area contributed by atoms with Gasteiger partial charge < -0.3 is 4.90 Å². The molecule has 1 amide bonds. The number of benzene rings is 1. The van der Waals surface area contributed by atoms with Gasteiger partial charge in [-0.25, -0.2) is 13.4 Å². The van der Waals surface area contributed by atoms with E-state index >= 15 is 0 Å². The van der Waals surface area contributed by atoms with Crippen LogP contribution in [0, 0.1) is 0 Å². The largest absolute Gasteiger partial charge is 0.336 e. The molecule has 1 aliphatic rings. The van der Waals surface area contributed by atoms with E-state index in [0.717, 1.165) is 0 Å². The van der Waals surface area contributed by atoms with Crippen LogP contribution in [0.5, 0.6) is 0 Å². The Morgan fingerprint density at radius 3 is 2.28 bits per heavy atom. The Balaban J connectivity index is 1.69. The minimum atomic E-state index is -3.54. The molecule has 1 aromatic carbocycles. The van der Waals surface area contributed by atoms with Crippen LogP contribution in [0.2, 0.25) is 10.2 Å². The molecular formula is C16H15Cl2N3O3S. The van der Waals surface area contributed by atoms with Crippen molar-refractivity contribution in [2.24, 2.45) is 0 Å². The number of carbonyl (C=O) groups excluding carboxylic acids is 1. The first-order chi connectivity index (χ1) is 11.9. The minimum Gasteiger partial charge on any atom is -0.336 e. The van der Waals surface area contributed by atoms with Gasteiger partial charge in [0.05, 0.1) is 15.5 Å². The highest BCUT2D eigenvalue weighted by atomic mass is 35.5. The van der Waals surface area contributed by atoms with Gasteiger partial charge in [-0.15, -0.1) is 0 Å². The highest BCUT2D eigenvalue weighted by molar-refractivity contribution is 7.89. The standard InChI is InChI=1S/C16H15Cl2N3O3S/c17-14-10-12(11-19-15(14)18)16(22)20-6-8-21(9-7-20)25(23,24)13-4-2-1-3-5-13/h1-5,10-11H,6-9H2. The quantitative estimate of drug-likeness (QED) is 0.743. The Morgan fingerprint density at radius 2 is 1.68 bits per heavy atom. The van der Waals surface area contributed by atoms with Crippen molar-refractivity contribution in [1.29, 1.82) is 0 Å². The minimum absolute atomic E-state index is 0.136. The van der Waals surface area contributed by atoms with Crippen LogP contribution >= 0.6 is 23.2 Å². The number of aromatic nitrogens is 1. The Morgan fingerprint density at radius 1 is 1.04 bits per heavy atom. The zero-order chi connectivity index (χ0) is 18.0. The maximum Gasteiger partial charge on any atom is 0.255 e. The Bertz CT molecular complexity index is 883. The van der Waals surface area contributed by atoms with Crippen molar-refractivity contribution < 1.29 is 13.2 Å². The molecule has 0 radical (unpaired) electrons. The summed E-state index contributed by atoms with van der Waals surface area (Å²) in [4.78, 5) is 18.2. The van der Waals surface area contributed by atoms with Crippen LogP contribution in [0.3, 0.4) is 0 Å². The molecule has 1 aliphatic heterocycles. The van der Waals surface area contributed by atoms with Crippen LogP contribution in [-0.4, -0.2) is 54.7 Å². The molecule has 0 atom stereocenters. The zero-order valence-electron chi connectivity index (χ0n) is 13.1. The van der Waals surface area contributed by atoms with Gasteiger partial charge in [-0.3, -0.25) is 4.79 Å². The Hall–Kier alpha value is -1.67. The maximum atomic E-state index is 12.6. The summed E-state index contributed by atoms with van der Waals surface area (Å²) in [5.41, 5.74) is 0.328. The number of rotatable bonds is 3. The summed E-state index contributed by atoms with van der Waals surface area (Å²) in [5.74, 6) is -0.247. The summed E-state index contributed by atoms with van der Waals surface area (Å²) in [5, 5.41) is 0.342. The van der Waals surface area contributed by atoms with Crippen molar-refractivity contribution in [2.45, 2.75) is 4.90 Å². The van der Waals surface area contributed by atoms with E-state index in [-0.39, 0.29) is 34.1 Å². The second kappa shape index (κ2) is 7.29. The molecule has 0 unspecified atom stereocenters. The summed E-state index contributed by atoms with van der Waals surface area (Å²) < 4.78 is 26.6. The summed E-state index contributed by atoms with van der Waals surface area (Å²) in [7, 11) is -3.54. The first-order valence-corrected chi connectivity index (χ1v) is 9.75. The number of hydrogen-bond donors (Lipinski definition) is 0. The van der Waals surface area contributed by atoms with E-state index in [1.54, 1.807) is 35.2 Å². The van der Waals surface area contributed by atoms with Crippen LogP contribution in [0.4, 0.5) is 0 Å². The number of pyridine rings is 1. The molecule has 3 rings (SSSR count). The number of nitrogens with zero attached hydrogens (tertiary/aromatic N) is 3. The molecule has 6 nitrogen and oxygen atoms in total. The van der Waals surface area contributed by atoms with Gasteiger partial charge in [0.1, 0.15) is 5.15 Å². The van der Waals surface area contributed by atoms with E-state index in [4.69, 9.17) is 23.2 Å². The third-order valence-corrected chi connectivity index (χ3v) is 6.55. The molecule has 2 aromatic rings. The normalized spacial score (nSPS) is 16.0. The summed E-state index contributed by atoms with van der Waals surface area (Å²) in [6, 6.07) is 9.73. The number of hydrogen-bond acceptors (Lipinski definition) is 4. The van der Waals surface area contributed by atoms with E-state index in [0.29, 0.717) is 18.7 Å². The second-order valence-electron chi connectivity index (χ2n) is 5.51. The van der Waals surface area contributed by atoms with Gasteiger partial charge in [-0.05, 0) is 18.2 Å². The van der Waals surface area contributed by atoms with Gasteiger partial charge in [0.25, 0.3) is 5.91 Å². The Labute approximate surface area is 156 Å². The molecule has 0 bridgehead atoms. The van der Waals surface area contributed by atoms with Gasteiger partial charge in [-0.1, -0.05) is 41.4 Å². The number of halogens is 2. The van der Waals surface area contributed by atoms with Crippen LogP contribution in [-0.2, 0) is 10.0 Å². The van der Waals surface area contributed by atoms with Crippen molar-refractivity contribution in [1.82, 2.24) is 14.2 Å². The van der Waals surface area contributed by atoms with Crippen LogP contribution in [0.25, 0.3) is 0 Å². The number of piperazine rings is 1. The van der Waals surface area contributed by atoms with Gasteiger partial charge in [0, 0.05) is 32.4 Å². The topological polar surface area (TPSA) is 70.6 Å².